The second-order valence-electron chi connectivity index (χ2n) is 15.4. The summed E-state index contributed by atoms with van der Waals surface area (Å²) >= 11 is 0. The molecule has 0 aliphatic rings. The summed E-state index contributed by atoms with van der Waals surface area (Å²) in [7, 11) is 6.25. The van der Waals surface area contributed by atoms with Crippen LogP contribution in [0.1, 0.15) is 70.2 Å². The maximum Gasteiger partial charge on any atom is 0.229 e. The first kappa shape index (κ1) is 40.7. The molecule has 53 heavy (non-hydrogen) atoms. The molecule has 0 radical (unpaired) electrons. The Morgan fingerprint density at radius 3 is 0.849 bits per heavy atom. The van der Waals surface area contributed by atoms with Crippen molar-refractivity contribution in [1.29, 1.82) is 0 Å². The van der Waals surface area contributed by atoms with Gasteiger partial charge in [-0.25, -0.2) is 0 Å². The molecule has 4 rings (SSSR count). The van der Waals surface area contributed by atoms with E-state index in [2.05, 4.69) is 10.6 Å². The molecule has 0 bridgehead atoms. The molecule has 0 heterocycles. The van der Waals surface area contributed by atoms with Gasteiger partial charge < -0.3 is 39.8 Å². The first-order valence-corrected chi connectivity index (χ1v) is 17.5. The standard InChI is InChI=1S/C43H54N2O8/c1-40(2,3)38(42(48,28-11-19-32(50-7)20-12-28)29-13-21-33(51-8)22-14-29)44-36(46)27-37(47)45-39(41(4,5)6)43(49,30-15-23-34(52-9)24-16-30)31-17-25-35(53-10)26-18-31/h11-26,38-39,48-49H,27H2,1-10H3,(H,44,46)(H,45,47). The van der Waals surface area contributed by atoms with Crippen LogP contribution in [-0.2, 0) is 20.8 Å². The summed E-state index contributed by atoms with van der Waals surface area (Å²) in [5.74, 6) is 1.22. The average molecular weight is 727 g/mol. The highest BCUT2D eigenvalue weighted by Gasteiger charge is 2.49. The summed E-state index contributed by atoms with van der Waals surface area (Å²) in [4.78, 5) is 27.9. The lowest BCUT2D eigenvalue weighted by Gasteiger charge is -2.45. The van der Waals surface area contributed by atoms with E-state index in [4.69, 9.17) is 18.9 Å². The Morgan fingerprint density at radius 1 is 0.472 bits per heavy atom. The van der Waals surface area contributed by atoms with Crippen LogP contribution in [0.4, 0.5) is 0 Å². The quantitative estimate of drug-likeness (QED) is 0.111. The van der Waals surface area contributed by atoms with E-state index in [0.29, 0.717) is 45.3 Å². The topological polar surface area (TPSA) is 136 Å². The highest BCUT2D eigenvalue weighted by Crippen LogP contribution is 2.43. The largest absolute Gasteiger partial charge is 0.497 e. The van der Waals surface area contributed by atoms with E-state index in [1.807, 2.05) is 41.5 Å². The van der Waals surface area contributed by atoms with E-state index in [9.17, 15) is 19.8 Å². The Hall–Kier alpha value is -5.06. The van der Waals surface area contributed by atoms with E-state index in [1.165, 1.54) is 0 Å². The van der Waals surface area contributed by atoms with Crippen molar-refractivity contribution in [3.63, 3.8) is 0 Å². The summed E-state index contributed by atoms with van der Waals surface area (Å²) in [5, 5.41) is 31.6. The molecule has 0 aliphatic carbocycles. The van der Waals surface area contributed by atoms with Gasteiger partial charge in [0.25, 0.3) is 0 Å². The fourth-order valence-electron chi connectivity index (χ4n) is 6.85. The van der Waals surface area contributed by atoms with Crippen LogP contribution in [-0.4, -0.2) is 62.6 Å². The summed E-state index contributed by atoms with van der Waals surface area (Å²) in [6.45, 7) is 11.5. The summed E-state index contributed by atoms with van der Waals surface area (Å²) in [6, 6.07) is 26.2. The zero-order chi connectivity index (χ0) is 39.2. The molecule has 10 nitrogen and oxygen atoms in total. The van der Waals surface area contributed by atoms with E-state index < -0.39 is 52.4 Å². The number of carbonyl (C=O) groups excluding carboxylic acids is 2. The van der Waals surface area contributed by atoms with Crippen LogP contribution in [0.2, 0.25) is 0 Å². The minimum Gasteiger partial charge on any atom is -0.497 e. The molecule has 2 unspecified atom stereocenters. The molecular weight excluding hydrogens is 672 g/mol. The van der Waals surface area contributed by atoms with Crippen LogP contribution >= 0.6 is 0 Å². The molecule has 284 valence electrons. The maximum atomic E-state index is 14.0. The molecule has 0 spiro atoms. The smallest absolute Gasteiger partial charge is 0.229 e. The number of rotatable bonds is 14. The van der Waals surface area contributed by atoms with Gasteiger partial charge in [-0.05, 0) is 81.6 Å². The first-order valence-electron chi connectivity index (χ1n) is 17.5. The number of hydrogen-bond acceptors (Lipinski definition) is 8. The van der Waals surface area contributed by atoms with E-state index in [0.717, 1.165) is 0 Å². The molecule has 4 N–H and O–H groups in total. The third kappa shape index (κ3) is 8.95. The average Bonchev–Trinajstić information content (AvgIpc) is 3.14. The fourth-order valence-corrected chi connectivity index (χ4v) is 6.85. The normalized spacial score (nSPS) is 13.4. The number of nitrogens with one attached hydrogen (secondary N) is 2. The highest BCUT2D eigenvalue weighted by molar-refractivity contribution is 5.97. The number of hydrogen-bond donors (Lipinski definition) is 4. The Bertz CT molecular complexity index is 1580. The molecular formula is C43H54N2O8. The number of benzene rings is 4. The van der Waals surface area contributed by atoms with Gasteiger partial charge in [-0.1, -0.05) is 90.1 Å². The van der Waals surface area contributed by atoms with Gasteiger partial charge in [0.1, 0.15) is 40.6 Å². The first-order chi connectivity index (χ1) is 24.9. The zero-order valence-corrected chi connectivity index (χ0v) is 32.4. The molecule has 0 aliphatic heterocycles. The third-order valence-electron chi connectivity index (χ3n) is 9.62. The Kier molecular flexibility index (Phi) is 12.5. The highest BCUT2D eigenvalue weighted by atomic mass is 16.5. The van der Waals surface area contributed by atoms with Crippen molar-refractivity contribution in [3.8, 4) is 23.0 Å². The molecule has 0 saturated carbocycles. The van der Waals surface area contributed by atoms with Crippen LogP contribution in [0.15, 0.2) is 97.1 Å². The van der Waals surface area contributed by atoms with Gasteiger partial charge in [0.05, 0.1) is 40.5 Å². The van der Waals surface area contributed by atoms with Crippen LogP contribution in [0.3, 0.4) is 0 Å². The molecule has 0 saturated heterocycles. The van der Waals surface area contributed by atoms with Gasteiger partial charge in [-0.15, -0.1) is 0 Å². The van der Waals surface area contributed by atoms with Crippen LogP contribution in [0.5, 0.6) is 23.0 Å². The number of amides is 2. The Balaban J connectivity index is 1.71. The van der Waals surface area contributed by atoms with Gasteiger partial charge in [-0.2, -0.15) is 0 Å². The minimum absolute atomic E-state index is 0.519. The lowest BCUT2D eigenvalue weighted by molar-refractivity contribution is -0.134. The maximum absolute atomic E-state index is 14.0. The molecule has 0 fully saturated rings. The van der Waals surface area contributed by atoms with Crippen LogP contribution in [0, 0.1) is 10.8 Å². The number of carbonyl (C=O) groups is 2. The summed E-state index contributed by atoms with van der Waals surface area (Å²) < 4.78 is 21.5. The monoisotopic (exact) mass is 726 g/mol. The van der Waals surface area contributed by atoms with Gasteiger partial charge in [0.2, 0.25) is 11.8 Å². The molecule has 2 amide bonds. The lowest BCUT2D eigenvalue weighted by atomic mass is 9.69. The van der Waals surface area contributed by atoms with Crippen molar-refractivity contribution in [2.75, 3.05) is 28.4 Å². The van der Waals surface area contributed by atoms with Crippen LogP contribution in [0.25, 0.3) is 0 Å². The van der Waals surface area contributed by atoms with Crippen LogP contribution < -0.4 is 29.6 Å². The van der Waals surface area contributed by atoms with Crippen molar-refractivity contribution in [2.24, 2.45) is 10.8 Å². The number of aliphatic hydroxyl groups is 2. The van der Waals surface area contributed by atoms with E-state index in [-0.39, 0.29) is 0 Å². The molecule has 0 aromatic heterocycles. The summed E-state index contributed by atoms with van der Waals surface area (Å²) in [6.07, 6.45) is -0.568. The SMILES string of the molecule is COc1ccc(C(O)(c2ccc(OC)cc2)C(NC(=O)CC(=O)NC(C(C)(C)C)C(O)(c2ccc(OC)cc2)c2ccc(OC)cc2)C(C)(C)C)cc1. The van der Waals surface area contributed by atoms with Crippen molar-refractivity contribution in [3.05, 3.63) is 119 Å². The molecule has 10 heteroatoms. The van der Waals surface area contributed by atoms with Gasteiger partial charge in [-0.3, -0.25) is 9.59 Å². The lowest BCUT2D eigenvalue weighted by Crippen LogP contribution is -2.60. The predicted molar refractivity (Wildman–Crippen MR) is 205 cm³/mol. The van der Waals surface area contributed by atoms with Gasteiger partial charge >= 0.3 is 0 Å². The van der Waals surface area contributed by atoms with Crippen molar-refractivity contribution in [2.45, 2.75) is 71.2 Å². The second kappa shape index (κ2) is 16.3. The number of methoxy groups -OCH3 is 4. The zero-order valence-electron chi connectivity index (χ0n) is 32.4. The minimum atomic E-state index is -1.74. The Morgan fingerprint density at radius 2 is 0.679 bits per heavy atom. The number of ether oxygens (including phenoxy) is 4. The molecule has 2 atom stereocenters. The Labute approximate surface area is 313 Å². The second-order valence-corrected chi connectivity index (χ2v) is 15.4. The van der Waals surface area contributed by atoms with Crippen molar-refractivity contribution < 1.29 is 38.7 Å². The van der Waals surface area contributed by atoms with Gasteiger partial charge in [0.15, 0.2) is 0 Å². The third-order valence-corrected chi connectivity index (χ3v) is 9.62. The molecule has 4 aromatic rings. The fraction of sp³-hybridized carbons (Fsp3) is 0.395. The van der Waals surface area contributed by atoms with Crippen molar-refractivity contribution in [1.82, 2.24) is 10.6 Å². The predicted octanol–water partition coefficient (Wildman–Crippen LogP) is 6.34. The van der Waals surface area contributed by atoms with Gasteiger partial charge in [0, 0.05) is 0 Å². The molecule has 4 aromatic carbocycles. The van der Waals surface area contributed by atoms with E-state index >= 15 is 0 Å². The van der Waals surface area contributed by atoms with Crippen molar-refractivity contribution >= 4 is 11.8 Å². The van der Waals surface area contributed by atoms with E-state index in [1.54, 1.807) is 126 Å². The summed E-state index contributed by atoms with van der Waals surface area (Å²) in [5.41, 5.74) is -2.82.